The topological polar surface area (TPSA) is 47.7 Å². The van der Waals surface area contributed by atoms with Gasteiger partial charge in [-0.1, -0.05) is 13.0 Å². The molecule has 4 heteroatoms. The van der Waals surface area contributed by atoms with E-state index in [1.165, 1.54) is 25.7 Å². The van der Waals surface area contributed by atoms with Crippen LogP contribution in [0.25, 0.3) is 0 Å². The van der Waals surface area contributed by atoms with Crippen LogP contribution in [-0.2, 0) is 0 Å². The van der Waals surface area contributed by atoms with Crippen LogP contribution in [0, 0.1) is 5.92 Å². The third-order valence-electron chi connectivity index (χ3n) is 4.92. The van der Waals surface area contributed by atoms with Crippen LogP contribution in [0.4, 0.5) is 0 Å². The van der Waals surface area contributed by atoms with E-state index in [4.69, 9.17) is 15.2 Å². The molecule has 1 saturated carbocycles. The molecule has 1 aliphatic carbocycles. The Hall–Kier alpha value is -1.26. The van der Waals surface area contributed by atoms with Crippen molar-refractivity contribution in [3.05, 3.63) is 23.8 Å². The normalized spacial score (nSPS) is 26.1. The van der Waals surface area contributed by atoms with Gasteiger partial charge in [0.05, 0.1) is 0 Å². The number of hydrogen-bond acceptors (Lipinski definition) is 4. The molecule has 1 unspecified atom stereocenters. The molecule has 21 heavy (non-hydrogen) atoms. The van der Waals surface area contributed by atoms with Gasteiger partial charge < -0.3 is 20.1 Å². The molecule has 4 nitrogen and oxygen atoms in total. The molecule has 0 bridgehead atoms. The molecule has 0 saturated heterocycles. The summed E-state index contributed by atoms with van der Waals surface area (Å²) in [7, 11) is 2.20. The van der Waals surface area contributed by atoms with Crippen molar-refractivity contribution in [2.45, 2.75) is 44.7 Å². The standard InChI is InChI=1S/C17H26N2O2/c1-12-3-6-14(7-4-12)19(2)10-15(18)13-5-8-16-17(9-13)21-11-20-16/h5,8-9,12,14-15H,3-4,6-7,10-11,18H2,1-2H3. The number of fused-ring (bicyclic) bond motifs is 1. The molecule has 0 aromatic heterocycles. The van der Waals surface area contributed by atoms with Crippen molar-refractivity contribution in [2.24, 2.45) is 11.7 Å². The average Bonchev–Trinajstić information content (AvgIpc) is 2.95. The Kier molecular flexibility index (Phi) is 4.36. The second-order valence-corrected chi connectivity index (χ2v) is 6.57. The number of hydrogen-bond donors (Lipinski definition) is 1. The van der Waals surface area contributed by atoms with Crippen molar-refractivity contribution in [1.29, 1.82) is 0 Å². The first-order valence-electron chi connectivity index (χ1n) is 7.99. The van der Waals surface area contributed by atoms with E-state index in [1.807, 2.05) is 12.1 Å². The van der Waals surface area contributed by atoms with E-state index in [0.717, 1.165) is 29.5 Å². The van der Waals surface area contributed by atoms with Gasteiger partial charge in [0, 0.05) is 18.6 Å². The molecule has 1 aromatic rings. The van der Waals surface area contributed by atoms with Gasteiger partial charge in [0.2, 0.25) is 6.79 Å². The van der Waals surface area contributed by atoms with E-state index in [-0.39, 0.29) is 6.04 Å². The molecule has 1 atom stereocenters. The molecule has 2 N–H and O–H groups in total. The van der Waals surface area contributed by atoms with Gasteiger partial charge in [-0.2, -0.15) is 0 Å². The molecular weight excluding hydrogens is 264 g/mol. The lowest BCUT2D eigenvalue weighted by Gasteiger charge is -2.35. The minimum absolute atomic E-state index is 0.0175. The SMILES string of the molecule is CC1CCC(N(C)CC(N)c2ccc3c(c2)OCO3)CC1. The van der Waals surface area contributed by atoms with Gasteiger partial charge in [0.15, 0.2) is 11.5 Å². The summed E-state index contributed by atoms with van der Waals surface area (Å²) in [6.07, 6.45) is 5.28. The van der Waals surface area contributed by atoms with Crippen LogP contribution in [0.3, 0.4) is 0 Å². The molecule has 116 valence electrons. The first-order valence-corrected chi connectivity index (χ1v) is 7.99. The van der Waals surface area contributed by atoms with Gasteiger partial charge in [0.1, 0.15) is 0 Å². The van der Waals surface area contributed by atoms with Gasteiger partial charge in [-0.25, -0.2) is 0 Å². The fourth-order valence-electron chi connectivity index (χ4n) is 3.39. The van der Waals surface area contributed by atoms with Gasteiger partial charge in [0.25, 0.3) is 0 Å². The van der Waals surface area contributed by atoms with Crippen molar-refractivity contribution in [3.8, 4) is 11.5 Å². The van der Waals surface area contributed by atoms with Crippen molar-refractivity contribution < 1.29 is 9.47 Å². The molecule has 1 heterocycles. The minimum Gasteiger partial charge on any atom is -0.454 e. The Morgan fingerprint density at radius 1 is 1.19 bits per heavy atom. The summed E-state index contributed by atoms with van der Waals surface area (Å²) in [6, 6.07) is 6.73. The van der Waals surface area contributed by atoms with Gasteiger partial charge in [-0.15, -0.1) is 0 Å². The van der Waals surface area contributed by atoms with Gasteiger partial charge >= 0.3 is 0 Å². The second-order valence-electron chi connectivity index (χ2n) is 6.57. The van der Waals surface area contributed by atoms with Crippen LogP contribution in [0.15, 0.2) is 18.2 Å². The molecule has 0 amide bonds. The van der Waals surface area contributed by atoms with Crippen molar-refractivity contribution >= 4 is 0 Å². The monoisotopic (exact) mass is 290 g/mol. The number of nitrogens with two attached hydrogens (primary N) is 1. The number of nitrogens with zero attached hydrogens (tertiary/aromatic N) is 1. The Balaban J connectivity index is 1.59. The lowest BCUT2D eigenvalue weighted by molar-refractivity contribution is 0.162. The fourth-order valence-corrected chi connectivity index (χ4v) is 3.39. The fraction of sp³-hybridized carbons (Fsp3) is 0.647. The highest BCUT2D eigenvalue weighted by Crippen LogP contribution is 2.34. The van der Waals surface area contributed by atoms with Crippen LogP contribution in [0.1, 0.15) is 44.2 Å². The molecule has 1 aliphatic heterocycles. The molecule has 2 aliphatic rings. The molecular formula is C17H26N2O2. The first kappa shape index (κ1) is 14.7. The molecule has 0 spiro atoms. The Morgan fingerprint density at radius 2 is 1.90 bits per heavy atom. The zero-order valence-electron chi connectivity index (χ0n) is 13.0. The van der Waals surface area contributed by atoms with Crippen LogP contribution in [0.5, 0.6) is 11.5 Å². The quantitative estimate of drug-likeness (QED) is 0.926. The first-order chi connectivity index (χ1) is 10.1. The zero-order valence-corrected chi connectivity index (χ0v) is 13.0. The molecule has 1 fully saturated rings. The third-order valence-corrected chi connectivity index (χ3v) is 4.92. The van der Waals surface area contributed by atoms with E-state index in [2.05, 4.69) is 24.9 Å². The van der Waals surface area contributed by atoms with Gasteiger partial charge in [-0.05, 0) is 56.3 Å². The van der Waals surface area contributed by atoms with Crippen LogP contribution >= 0.6 is 0 Å². The smallest absolute Gasteiger partial charge is 0.231 e. The van der Waals surface area contributed by atoms with E-state index in [0.29, 0.717) is 12.8 Å². The van der Waals surface area contributed by atoms with Crippen molar-refractivity contribution in [3.63, 3.8) is 0 Å². The maximum atomic E-state index is 6.39. The van der Waals surface area contributed by atoms with Crippen molar-refractivity contribution in [2.75, 3.05) is 20.4 Å². The van der Waals surface area contributed by atoms with Crippen molar-refractivity contribution in [1.82, 2.24) is 4.90 Å². The largest absolute Gasteiger partial charge is 0.454 e. The van der Waals surface area contributed by atoms with E-state index < -0.39 is 0 Å². The van der Waals surface area contributed by atoms with Crippen LogP contribution in [-0.4, -0.2) is 31.3 Å². The Bertz CT molecular complexity index is 484. The highest BCUT2D eigenvalue weighted by molar-refractivity contribution is 5.45. The number of benzene rings is 1. The summed E-state index contributed by atoms with van der Waals surface area (Å²) in [4.78, 5) is 2.43. The average molecular weight is 290 g/mol. The maximum Gasteiger partial charge on any atom is 0.231 e. The second kappa shape index (κ2) is 6.24. The van der Waals surface area contributed by atoms with Crippen LogP contribution < -0.4 is 15.2 Å². The number of rotatable bonds is 4. The Labute approximate surface area is 127 Å². The summed E-state index contributed by atoms with van der Waals surface area (Å²) in [5.74, 6) is 2.52. The van der Waals surface area contributed by atoms with E-state index in [1.54, 1.807) is 0 Å². The molecule has 0 radical (unpaired) electrons. The van der Waals surface area contributed by atoms with Crippen LogP contribution in [0.2, 0.25) is 0 Å². The summed E-state index contributed by atoms with van der Waals surface area (Å²) < 4.78 is 10.8. The lowest BCUT2D eigenvalue weighted by atomic mass is 9.86. The lowest BCUT2D eigenvalue weighted by Crippen LogP contribution is -2.39. The predicted octanol–water partition coefficient (Wildman–Crippen LogP) is 2.93. The van der Waals surface area contributed by atoms with E-state index >= 15 is 0 Å². The molecule has 3 rings (SSSR count). The van der Waals surface area contributed by atoms with Gasteiger partial charge in [-0.3, -0.25) is 0 Å². The summed E-state index contributed by atoms with van der Waals surface area (Å²) >= 11 is 0. The minimum atomic E-state index is 0.0175. The maximum absolute atomic E-state index is 6.39. The number of ether oxygens (including phenoxy) is 2. The highest BCUT2D eigenvalue weighted by atomic mass is 16.7. The summed E-state index contributed by atoms with van der Waals surface area (Å²) in [6.45, 7) is 3.56. The third kappa shape index (κ3) is 3.33. The highest BCUT2D eigenvalue weighted by Gasteiger charge is 2.23. The van der Waals surface area contributed by atoms with E-state index in [9.17, 15) is 0 Å². The Morgan fingerprint density at radius 3 is 2.67 bits per heavy atom. The zero-order chi connectivity index (χ0) is 14.8. The summed E-state index contributed by atoms with van der Waals surface area (Å²) in [5, 5.41) is 0. The number of likely N-dealkylation sites (N-methyl/N-ethyl adjacent to an activating group) is 1. The molecule has 1 aromatic carbocycles. The summed E-state index contributed by atoms with van der Waals surface area (Å²) in [5.41, 5.74) is 7.51. The predicted molar refractivity (Wildman–Crippen MR) is 83.5 cm³/mol.